The molecule has 4 rings (SSSR count). The second-order valence-electron chi connectivity index (χ2n) is 9.07. The molecule has 0 fully saturated rings. The lowest BCUT2D eigenvalue weighted by atomic mass is 10.1. The van der Waals surface area contributed by atoms with Gasteiger partial charge in [0.25, 0.3) is 0 Å². The van der Waals surface area contributed by atoms with E-state index in [1.165, 1.54) is 24.1 Å². The normalized spacial score (nSPS) is 11.1. The Hall–Kier alpha value is -4.37. The molecule has 0 aliphatic heterocycles. The average Bonchev–Trinajstić information content (AvgIpc) is 2.96. The van der Waals surface area contributed by atoms with Gasteiger partial charge < -0.3 is 24.4 Å². The van der Waals surface area contributed by atoms with Crippen LogP contribution in [0, 0.1) is 0 Å². The fourth-order valence-electron chi connectivity index (χ4n) is 4.09. The number of rotatable bonds is 10. The van der Waals surface area contributed by atoms with Crippen molar-refractivity contribution in [2.75, 3.05) is 26.1 Å². The number of hydrogen-bond acceptors (Lipinski definition) is 4. The Kier molecular flexibility index (Phi) is 9.62. The van der Waals surface area contributed by atoms with E-state index in [0.29, 0.717) is 34.4 Å². The van der Waals surface area contributed by atoms with Crippen molar-refractivity contribution in [2.45, 2.75) is 19.1 Å². The summed E-state index contributed by atoms with van der Waals surface area (Å²) in [6.45, 7) is 0.443. The molecule has 4 aromatic rings. The first kappa shape index (κ1) is 29.6. The molecule has 6 nitrogen and oxygen atoms in total. The van der Waals surface area contributed by atoms with E-state index in [4.69, 9.17) is 25.8 Å². The van der Waals surface area contributed by atoms with E-state index < -0.39 is 17.8 Å². The van der Waals surface area contributed by atoms with Gasteiger partial charge in [0.05, 0.1) is 19.8 Å². The Bertz CT molecular complexity index is 1480. The molecule has 0 saturated heterocycles. The van der Waals surface area contributed by atoms with Crippen molar-refractivity contribution in [3.05, 3.63) is 113 Å². The molecular weight excluding hydrogens is 557 g/mol. The van der Waals surface area contributed by atoms with Gasteiger partial charge in [-0.25, -0.2) is 4.79 Å². The van der Waals surface area contributed by atoms with Crippen LogP contribution in [0.15, 0.2) is 91.0 Å². The second kappa shape index (κ2) is 13.3. The van der Waals surface area contributed by atoms with Crippen molar-refractivity contribution in [1.29, 1.82) is 0 Å². The quantitative estimate of drug-likeness (QED) is 0.203. The summed E-state index contributed by atoms with van der Waals surface area (Å²) in [7, 11) is 3.08. The summed E-state index contributed by atoms with van der Waals surface area (Å²) in [6, 6.07) is 23.6. The van der Waals surface area contributed by atoms with Crippen molar-refractivity contribution >= 4 is 23.3 Å². The molecule has 4 aromatic carbocycles. The Balaban J connectivity index is 1.55. The lowest BCUT2D eigenvalue weighted by molar-refractivity contribution is -0.137. The second-order valence-corrected chi connectivity index (χ2v) is 9.51. The first-order valence-electron chi connectivity index (χ1n) is 12.6. The summed E-state index contributed by atoms with van der Waals surface area (Å²) in [5, 5.41) is 3.20. The molecule has 0 aliphatic rings. The number of alkyl halides is 3. The molecule has 0 heterocycles. The third-order valence-corrected chi connectivity index (χ3v) is 6.42. The minimum absolute atomic E-state index is 0.0424. The van der Waals surface area contributed by atoms with Gasteiger partial charge in [-0.1, -0.05) is 35.9 Å². The number of anilines is 1. The molecule has 0 unspecified atom stereocenters. The molecule has 0 aromatic heterocycles. The maximum absolute atomic E-state index is 13.4. The van der Waals surface area contributed by atoms with Gasteiger partial charge in [-0.3, -0.25) is 0 Å². The molecular formula is C31H28ClF3N2O4. The molecule has 0 atom stereocenters. The van der Waals surface area contributed by atoms with Crippen molar-refractivity contribution in [1.82, 2.24) is 4.90 Å². The summed E-state index contributed by atoms with van der Waals surface area (Å²) in [4.78, 5) is 14.9. The van der Waals surface area contributed by atoms with Crippen LogP contribution in [0.4, 0.5) is 23.7 Å². The third kappa shape index (κ3) is 8.31. The van der Waals surface area contributed by atoms with E-state index in [0.717, 1.165) is 23.3 Å². The lowest BCUT2D eigenvalue weighted by Gasteiger charge is -2.24. The molecule has 1 N–H and O–H groups in total. The number of methoxy groups -OCH3 is 2. The minimum atomic E-state index is -4.53. The highest BCUT2D eigenvalue weighted by Crippen LogP contribution is 2.31. The van der Waals surface area contributed by atoms with Crippen LogP contribution in [0.5, 0.6) is 23.0 Å². The van der Waals surface area contributed by atoms with Crippen molar-refractivity contribution in [3.8, 4) is 23.0 Å². The van der Waals surface area contributed by atoms with Gasteiger partial charge in [-0.05, 0) is 84.3 Å². The smallest absolute Gasteiger partial charge is 0.416 e. The van der Waals surface area contributed by atoms with E-state index in [1.807, 2.05) is 18.2 Å². The number of urea groups is 1. The molecule has 0 bridgehead atoms. The number of hydrogen-bond donors (Lipinski definition) is 1. The largest absolute Gasteiger partial charge is 0.493 e. The minimum Gasteiger partial charge on any atom is -0.493 e. The zero-order valence-corrected chi connectivity index (χ0v) is 23.1. The Morgan fingerprint density at radius 1 is 0.829 bits per heavy atom. The van der Waals surface area contributed by atoms with Crippen LogP contribution >= 0.6 is 11.6 Å². The molecule has 2 amide bonds. The predicted octanol–water partition coefficient (Wildman–Crippen LogP) is 8.45. The number of amides is 2. The van der Waals surface area contributed by atoms with Gasteiger partial charge in [-0.2, -0.15) is 13.2 Å². The molecule has 0 saturated carbocycles. The van der Waals surface area contributed by atoms with Crippen LogP contribution in [0.2, 0.25) is 5.02 Å². The Morgan fingerprint density at radius 2 is 1.56 bits per heavy atom. The number of nitrogens with zero attached hydrogens (tertiary/aromatic N) is 1. The van der Waals surface area contributed by atoms with Gasteiger partial charge in [0, 0.05) is 23.8 Å². The predicted molar refractivity (Wildman–Crippen MR) is 152 cm³/mol. The SMILES string of the molecule is COc1ccc(CCN(Cc2cccc(Oc3ccc(Cl)cc3)c2)C(=O)Nc2cccc(C(F)(F)F)c2)cc1OC. The van der Waals surface area contributed by atoms with Crippen LogP contribution < -0.4 is 19.5 Å². The average molecular weight is 585 g/mol. The van der Waals surface area contributed by atoms with Gasteiger partial charge in [0.15, 0.2) is 11.5 Å². The summed E-state index contributed by atoms with van der Waals surface area (Å²) >= 11 is 5.95. The molecule has 0 spiro atoms. The molecule has 10 heteroatoms. The third-order valence-electron chi connectivity index (χ3n) is 6.17. The number of halogens is 4. The zero-order chi connectivity index (χ0) is 29.4. The first-order valence-corrected chi connectivity index (χ1v) is 13.0. The molecule has 0 radical (unpaired) electrons. The maximum atomic E-state index is 13.4. The maximum Gasteiger partial charge on any atom is 0.416 e. The van der Waals surface area contributed by atoms with Gasteiger partial charge in [-0.15, -0.1) is 0 Å². The van der Waals surface area contributed by atoms with Crippen LogP contribution in [0.3, 0.4) is 0 Å². The number of nitrogens with one attached hydrogen (secondary N) is 1. The van der Waals surface area contributed by atoms with Crippen molar-refractivity contribution in [3.63, 3.8) is 0 Å². The number of carbonyl (C=O) groups is 1. The standard InChI is InChI=1S/C31H28ClF3N2O4/c1-39-28-14-9-21(18-29(28)40-2)15-16-37(30(38)36-25-7-4-6-23(19-25)31(33,34)35)20-22-5-3-8-27(17-22)41-26-12-10-24(32)11-13-26/h3-14,17-19H,15-16,20H2,1-2H3,(H,36,38). The highest BCUT2D eigenvalue weighted by molar-refractivity contribution is 6.30. The van der Waals surface area contributed by atoms with Crippen molar-refractivity contribution < 1.29 is 32.2 Å². The topological polar surface area (TPSA) is 60.0 Å². The van der Waals surface area contributed by atoms with Crippen LogP contribution in [0.25, 0.3) is 0 Å². The first-order chi connectivity index (χ1) is 19.6. The summed E-state index contributed by atoms with van der Waals surface area (Å²) < 4.78 is 56.3. The zero-order valence-electron chi connectivity index (χ0n) is 22.4. The van der Waals surface area contributed by atoms with Gasteiger partial charge >= 0.3 is 12.2 Å². The van der Waals surface area contributed by atoms with Crippen LogP contribution in [-0.4, -0.2) is 31.7 Å². The van der Waals surface area contributed by atoms with E-state index in [9.17, 15) is 18.0 Å². The van der Waals surface area contributed by atoms with Gasteiger partial charge in [0.2, 0.25) is 0 Å². The summed E-state index contributed by atoms with van der Waals surface area (Å²) in [6.07, 6.45) is -4.07. The van der Waals surface area contributed by atoms with Crippen LogP contribution in [-0.2, 0) is 19.1 Å². The summed E-state index contributed by atoms with van der Waals surface area (Å²) in [5.41, 5.74) is 0.849. The molecule has 0 aliphatic carbocycles. The highest BCUT2D eigenvalue weighted by Gasteiger charge is 2.30. The van der Waals surface area contributed by atoms with E-state index in [2.05, 4.69) is 5.32 Å². The molecule has 214 valence electrons. The monoisotopic (exact) mass is 584 g/mol. The van der Waals surface area contributed by atoms with E-state index >= 15 is 0 Å². The number of benzene rings is 4. The fourth-order valence-corrected chi connectivity index (χ4v) is 4.22. The number of carbonyl (C=O) groups excluding carboxylic acids is 1. The Labute approximate surface area is 241 Å². The van der Waals surface area contributed by atoms with Crippen molar-refractivity contribution in [2.24, 2.45) is 0 Å². The fraction of sp³-hybridized carbons (Fsp3) is 0.194. The van der Waals surface area contributed by atoms with E-state index in [-0.39, 0.29) is 18.8 Å². The molecule has 41 heavy (non-hydrogen) atoms. The van der Waals surface area contributed by atoms with Gasteiger partial charge in [0.1, 0.15) is 11.5 Å². The highest BCUT2D eigenvalue weighted by atomic mass is 35.5. The van der Waals surface area contributed by atoms with Crippen LogP contribution in [0.1, 0.15) is 16.7 Å². The Morgan fingerprint density at radius 3 is 2.27 bits per heavy atom. The number of ether oxygens (including phenoxy) is 3. The lowest BCUT2D eigenvalue weighted by Crippen LogP contribution is -2.36. The van der Waals surface area contributed by atoms with E-state index in [1.54, 1.807) is 55.6 Å². The summed E-state index contributed by atoms with van der Waals surface area (Å²) in [5.74, 6) is 2.28.